The number of fused-ring (bicyclic) bond motifs is 1. The van der Waals surface area contributed by atoms with Crippen LogP contribution in [0, 0.1) is 0 Å². The lowest BCUT2D eigenvalue weighted by atomic mass is 10.1. The Morgan fingerprint density at radius 3 is 2.71 bits per heavy atom. The van der Waals surface area contributed by atoms with Crippen molar-refractivity contribution in [3.05, 3.63) is 64.6 Å². The molecule has 4 aromatic rings. The number of rotatable bonds is 4. The molecule has 1 aliphatic carbocycles. The second-order valence-electron chi connectivity index (χ2n) is 6.07. The second kappa shape index (κ2) is 5.51. The number of aliphatic hydroxyl groups excluding tert-OH is 1. The number of thiophene rings is 1. The van der Waals surface area contributed by atoms with Gasteiger partial charge in [0.25, 0.3) is 0 Å². The summed E-state index contributed by atoms with van der Waals surface area (Å²) in [7, 11) is 0. The van der Waals surface area contributed by atoms with Crippen molar-refractivity contribution in [1.29, 1.82) is 0 Å². The lowest BCUT2D eigenvalue weighted by Gasteiger charge is -2.10. The predicted molar refractivity (Wildman–Crippen MR) is 96.7 cm³/mol. The zero-order chi connectivity index (χ0) is 16.1. The third-order valence-electron chi connectivity index (χ3n) is 4.40. The van der Waals surface area contributed by atoms with Crippen LogP contribution in [0.2, 0.25) is 0 Å². The molecule has 0 radical (unpaired) electrons. The third kappa shape index (κ3) is 2.30. The Kier molecular flexibility index (Phi) is 3.29. The summed E-state index contributed by atoms with van der Waals surface area (Å²) in [6.45, 7) is 0. The van der Waals surface area contributed by atoms with E-state index in [1.165, 1.54) is 17.7 Å². The standard InChI is InChI=1S/C18H15N3OS2/c22-17(14-4-3-13(23-14)11-5-7-19-8-6-11)16-18(12-1-2-12)24-15-9-20-10-21(15)16/h3-10,12,17,22H,1-2H2. The summed E-state index contributed by atoms with van der Waals surface area (Å²) < 4.78 is 2.05. The van der Waals surface area contributed by atoms with Gasteiger partial charge >= 0.3 is 0 Å². The number of pyridine rings is 1. The smallest absolute Gasteiger partial charge is 0.130 e. The van der Waals surface area contributed by atoms with E-state index in [9.17, 15) is 5.11 Å². The monoisotopic (exact) mass is 353 g/mol. The minimum Gasteiger partial charge on any atom is -0.381 e. The molecular weight excluding hydrogens is 338 g/mol. The molecule has 1 saturated carbocycles. The van der Waals surface area contributed by atoms with Crippen LogP contribution in [0.3, 0.4) is 0 Å². The average molecular weight is 353 g/mol. The van der Waals surface area contributed by atoms with Gasteiger partial charge in [0.1, 0.15) is 17.3 Å². The highest BCUT2D eigenvalue weighted by atomic mass is 32.1. The van der Waals surface area contributed by atoms with Crippen molar-refractivity contribution < 1.29 is 5.11 Å². The molecule has 6 heteroatoms. The van der Waals surface area contributed by atoms with E-state index in [0.29, 0.717) is 5.92 Å². The van der Waals surface area contributed by atoms with E-state index >= 15 is 0 Å². The zero-order valence-corrected chi connectivity index (χ0v) is 14.4. The van der Waals surface area contributed by atoms with Gasteiger partial charge in [0.05, 0.1) is 11.9 Å². The molecule has 0 aliphatic heterocycles. The number of aliphatic hydroxyl groups is 1. The number of hydrogen-bond acceptors (Lipinski definition) is 5. The summed E-state index contributed by atoms with van der Waals surface area (Å²) in [5, 5.41) is 11.1. The van der Waals surface area contributed by atoms with Crippen molar-refractivity contribution in [3.8, 4) is 10.4 Å². The Hall–Kier alpha value is -2.02. The van der Waals surface area contributed by atoms with Crippen LogP contribution < -0.4 is 0 Å². The van der Waals surface area contributed by atoms with E-state index in [1.807, 2.05) is 30.7 Å². The van der Waals surface area contributed by atoms with Gasteiger partial charge in [-0.25, -0.2) is 4.98 Å². The highest BCUT2D eigenvalue weighted by molar-refractivity contribution is 7.17. The van der Waals surface area contributed by atoms with E-state index in [-0.39, 0.29) is 0 Å². The first-order valence-electron chi connectivity index (χ1n) is 7.94. The van der Waals surface area contributed by atoms with Crippen molar-refractivity contribution in [2.24, 2.45) is 0 Å². The molecular formula is C18H15N3OS2. The maximum Gasteiger partial charge on any atom is 0.130 e. The summed E-state index contributed by atoms with van der Waals surface area (Å²) in [5.41, 5.74) is 2.13. The molecule has 24 heavy (non-hydrogen) atoms. The molecule has 1 unspecified atom stereocenters. The second-order valence-corrected chi connectivity index (χ2v) is 8.25. The molecule has 4 nitrogen and oxygen atoms in total. The van der Waals surface area contributed by atoms with E-state index in [4.69, 9.17) is 0 Å². The lowest BCUT2D eigenvalue weighted by molar-refractivity contribution is 0.217. The van der Waals surface area contributed by atoms with E-state index in [2.05, 4.69) is 20.4 Å². The van der Waals surface area contributed by atoms with Gasteiger partial charge in [-0.3, -0.25) is 9.38 Å². The highest BCUT2D eigenvalue weighted by Crippen LogP contribution is 2.48. The van der Waals surface area contributed by atoms with Crippen molar-refractivity contribution in [2.45, 2.75) is 24.9 Å². The van der Waals surface area contributed by atoms with Crippen LogP contribution in [-0.4, -0.2) is 19.5 Å². The Labute approximate surface area is 147 Å². The van der Waals surface area contributed by atoms with Crippen LogP contribution in [0.1, 0.15) is 40.3 Å². The molecule has 1 fully saturated rings. The van der Waals surface area contributed by atoms with E-state index in [1.54, 1.807) is 35.1 Å². The summed E-state index contributed by atoms with van der Waals surface area (Å²) in [5.74, 6) is 0.610. The van der Waals surface area contributed by atoms with Gasteiger partial charge in [-0.15, -0.1) is 22.7 Å². The van der Waals surface area contributed by atoms with Gasteiger partial charge < -0.3 is 5.11 Å². The Bertz CT molecular complexity index is 998. The molecule has 120 valence electrons. The van der Waals surface area contributed by atoms with Crippen LogP contribution in [0.15, 0.2) is 49.2 Å². The zero-order valence-electron chi connectivity index (χ0n) is 12.8. The van der Waals surface area contributed by atoms with Crippen LogP contribution in [0.25, 0.3) is 15.3 Å². The number of imidazole rings is 1. The predicted octanol–water partition coefficient (Wildman–Crippen LogP) is 4.48. The van der Waals surface area contributed by atoms with Gasteiger partial charge in [0, 0.05) is 27.0 Å². The van der Waals surface area contributed by atoms with Crippen LogP contribution in [-0.2, 0) is 0 Å². The van der Waals surface area contributed by atoms with Crippen molar-refractivity contribution in [2.75, 3.05) is 0 Å². The summed E-state index contributed by atoms with van der Waals surface area (Å²) in [6, 6.07) is 8.10. The minimum absolute atomic E-state index is 0.607. The maximum atomic E-state index is 11.1. The number of hydrogen-bond donors (Lipinski definition) is 1. The summed E-state index contributed by atoms with van der Waals surface area (Å²) >= 11 is 3.40. The first-order valence-corrected chi connectivity index (χ1v) is 9.57. The molecule has 0 bridgehead atoms. The fraction of sp³-hybridized carbons (Fsp3) is 0.222. The molecule has 0 spiro atoms. The topological polar surface area (TPSA) is 50.4 Å². The summed E-state index contributed by atoms with van der Waals surface area (Å²) in [6.07, 6.45) is 9.13. The Morgan fingerprint density at radius 1 is 1.08 bits per heavy atom. The Balaban J connectivity index is 1.57. The number of thiazole rings is 1. The molecule has 4 aromatic heterocycles. The molecule has 0 aromatic carbocycles. The maximum absolute atomic E-state index is 11.1. The van der Waals surface area contributed by atoms with E-state index in [0.717, 1.165) is 25.8 Å². The van der Waals surface area contributed by atoms with Crippen LogP contribution >= 0.6 is 22.7 Å². The first kappa shape index (κ1) is 14.3. The van der Waals surface area contributed by atoms with Gasteiger partial charge in [0.2, 0.25) is 0 Å². The fourth-order valence-electron chi connectivity index (χ4n) is 3.03. The van der Waals surface area contributed by atoms with Crippen LogP contribution in [0.5, 0.6) is 0 Å². The number of aromatic nitrogens is 3. The SMILES string of the molecule is OC(c1ccc(-c2ccncc2)s1)c1c(C2CC2)sc2cncn12. The van der Waals surface area contributed by atoms with Crippen LogP contribution in [0.4, 0.5) is 0 Å². The normalized spacial score (nSPS) is 15.9. The van der Waals surface area contributed by atoms with Crippen molar-refractivity contribution >= 4 is 27.5 Å². The molecule has 0 amide bonds. The van der Waals surface area contributed by atoms with Gasteiger partial charge in [-0.1, -0.05) is 0 Å². The molecule has 1 aliphatic rings. The summed E-state index contributed by atoms with van der Waals surface area (Å²) in [4.78, 5) is 12.8. The lowest BCUT2D eigenvalue weighted by Crippen LogP contribution is -2.03. The van der Waals surface area contributed by atoms with E-state index < -0.39 is 6.10 Å². The molecule has 0 saturated heterocycles. The van der Waals surface area contributed by atoms with Gasteiger partial charge in [-0.2, -0.15) is 0 Å². The third-order valence-corrected chi connectivity index (χ3v) is 6.86. The highest BCUT2D eigenvalue weighted by Gasteiger charge is 2.33. The van der Waals surface area contributed by atoms with Gasteiger partial charge in [0.15, 0.2) is 0 Å². The molecule has 4 heterocycles. The molecule has 5 rings (SSSR count). The number of nitrogens with zero attached hydrogens (tertiary/aromatic N) is 3. The molecule has 1 N–H and O–H groups in total. The first-order chi connectivity index (χ1) is 11.8. The van der Waals surface area contributed by atoms with Crippen molar-refractivity contribution in [3.63, 3.8) is 0 Å². The Morgan fingerprint density at radius 2 is 1.92 bits per heavy atom. The quantitative estimate of drug-likeness (QED) is 0.588. The largest absolute Gasteiger partial charge is 0.381 e. The fourth-order valence-corrected chi connectivity index (χ4v) is 5.34. The average Bonchev–Trinajstić information content (AvgIpc) is 3.04. The minimum atomic E-state index is -0.607. The van der Waals surface area contributed by atoms with Crippen molar-refractivity contribution in [1.82, 2.24) is 14.4 Å². The van der Waals surface area contributed by atoms with Gasteiger partial charge in [-0.05, 0) is 48.6 Å². The molecule has 1 atom stereocenters.